The van der Waals surface area contributed by atoms with E-state index in [1.807, 2.05) is 46.8 Å². The predicted octanol–water partition coefficient (Wildman–Crippen LogP) is 3.14. The number of amides is 1. The van der Waals surface area contributed by atoms with Crippen LogP contribution in [0.2, 0.25) is 0 Å². The zero-order chi connectivity index (χ0) is 18.8. The van der Waals surface area contributed by atoms with E-state index in [2.05, 4.69) is 29.2 Å². The van der Waals surface area contributed by atoms with Crippen LogP contribution in [-0.2, 0) is 13.6 Å². The molecule has 27 heavy (non-hydrogen) atoms. The molecule has 5 heteroatoms. The van der Waals surface area contributed by atoms with E-state index < -0.39 is 0 Å². The van der Waals surface area contributed by atoms with E-state index in [4.69, 9.17) is 4.74 Å². The first-order valence-corrected chi connectivity index (χ1v) is 9.35. The Labute approximate surface area is 159 Å². The maximum atomic E-state index is 13.0. The van der Waals surface area contributed by atoms with E-state index in [9.17, 15) is 4.79 Å². The Bertz CT molecular complexity index is 938. The lowest BCUT2D eigenvalue weighted by atomic mass is 10.2. The minimum Gasteiger partial charge on any atom is -0.497 e. The summed E-state index contributed by atoms with van der Waals surface area (Å²) >= 11 is 0. The van der Waals surface area contributed by atoms with Crippen molar-refractivity contribution in [1.29, 1.82) is 0 Å². The van der Waals surface area contributed by atoms with Crippen LogP contribution < -0.4 is 4.74 Å². The largest absolute Gasteiger partial charge is 0.497 e. The number of hydrogen-bond acceptors (Lipinski definition) is 3. The van der Waals surface area contributed by atoms with Gasteiger partial charge in [-0.2, -0.15) is 0 Å². The zero-order valence-electron chi connectivity index (χ0n) is 15.9. The molecule has 0 bridgehead atoms. The first kappa shape index (κ1) is 17.6. The molecule has 0 radical (unpaired) electrons. The van der Waals surface area contributed by atoms with Crippen molar-refractivity contribution in [1.82, 2.24) is 14.4 Å². The Balaban J connectivity index is 1.39. The van der Waals surface area contributed by atoms with Crippen molar-refractivity contribution in [3.8, 4) is 5.75 Å². The van der Waals surface area contributed by atoms with E-state index in [0.29, 0.717) is 0 Å². The lowest BCUT2D eigenvalue weighted by molar-refractivity contribution is 0.0619. The quantitative estimate of drug-likeness (QED) is 0.715. The second-order valence-corrected chi connectivity index (χ2v) is 7.06. The zero-order valence-corrected chi connectivity index (χ0v) is 15.9. The van der Waals surface area contributed by atoms with Gasteiger partial charge in [0.2, 0.25) is 0 Å². The summed E-state index contributed by atoms with van der Waals surface area (Å²) in [6, 6.07) is 18.3. The van der Waals surface area contributed by atoms with Crippen LogP contribution in [-0.4, -0.2) is 53.6 Å². The third-order valence-electron chi connectivity index (χ3n) is 5.40. The number of hydrogen-bond donors (Lipinski definition) is 0. The average molecular weight is 363 g/mol. The number of ether oxygens (including phenoxy) is 1. The smallest absolute Gasteiger partial charge is 0.270 e. The van der Waals surface area contributed by atoms with Crippen molar-refractivity contribution in [3.63, 3.8) is 0 Å². The van der Waals surface area contributed by atoms with Gasteiger partial charge in [-0.05, 0) is 29.8 Å². The molecule has 1 aromatic heterocycles. The third kappa shape index (κ3) is 3.55. The highest BCUT2D eigenvalue weighted by atomic mass is 16.5. The second kappa shape index (κ2) is 7.45. The van der Waals surface area contributed by atoms with E-state index in [1.165, 1.54) is 5.56 Å². The number of fused-ring (bicyclic) bond motifs is 1. The van der Waals surface area contributed by atoms with Crippen molar-refractivity contribution < 1.29 is 9.53 Å². The van der Waals surface area contributed by atoms with Crippen molar-refractivity contribution in [3.05, 3.63) is 65.9 Å². The van der Waals surface area contributed by atoms with Crippen molar-refractivity contribution >= 4 is 16.8 Å². The maximum absolute atomic E-state index is 13.0. The number of piperazine rings is 1. The van der Waals surface area contributed by atoms with Gasteiger partial charge in [0.15, 0.2) is 0 Å². The van der Waals surface area contributed by atoms with Crippen LogP contribution in [0.5, 0.6) is 5.75 Å². The molecule has 1 saturated heterocycles. The highest BCUT2D eigenvalue weighted by Gasteiger charge is 2.24. The minimum atomic E-state index is 0.123. The normalized spacial score (nSPS) is 15.3. The van der Waals surface area contributed by atoms with Gasteiger partial charge in [-0.3, -0.25) is 9.69 Å². The number of methoxy groups -OCH3 is 1. The van der Waals surface area contributed by atoms with Gasteiger partial charge in [0.05, 0.1) is 7.11 Å². The van der Waals surface area contributed by atoms with E-state index in [0.717, 1.165) is 55.1 Å². The van der Waals surface area contributed by atoms with E-state index in [-0.39, 0.29) is 5.91 Å². The van der Waals surface area contributed by atoms with E-state index in [1.54, 1.807) is 7.11 Å². The molecule has 0 saturated carbocycles. The average Bonchev–Trinajstić information content (AvgIpc) is 3.05. The number of rotatable bonds is 4. The van der Waals surface area contributed by atoms with Gasteiger partial charge in [0.25, 0.3) is 5.91 Å². The van der Waals surface area contributed by atoms with Crippen LogP contribution >= 0.6 is 0 Å². The summed E-state index contributed by atoms with van der Waals surface area (Å²) in [5.41, 5.74) is 3.13. The summed E-state index contributed by atoms with van der Waals surface area (Å²) in [6.07, 6.45) is 0. The standard InChI is InChI=1S/C22H25N3O2/c1-23-20-6-4-3-5-18(20)15-21(23)22(26)25-13-11-24(12-14-25)16-17-7-9-19(27-2)10-8-17/h3-10,15H,11-14,16H2,1-2H3. The van der Waals surface area contributed by atoms with Crippen LogP contribution in [0.15, 0.2) is 54.6 Å². The molecule has 3 aromatic rings. The summed E-state index contributed by atoms with van der Waals surface area (Å²) in [5, 5.41) is 1.11. The molecule has 140 valence electrons. The Hall–Kier alpha value is -2.79. The van der Waals surface area contributed by atoms with Crippen LogP contribution in [0.4, 0.5) is 0 Å². The van der Waals surface area contributed by atoms with Crippen LogP contribution in [0, 0.1) is 0 Å². The molecule has 0 N–H and O–H groups in total. The summed E-state index contributed by atoms with van der Waals surface area (Å²) in [5.74, 6) is 1.00. The number of aryl methyl sites for hydroxylation is 1. The van der Waals surface area contributed by atoms with Gasteiger partial charge >= 0.3 is 0 Å². The first-order chi connectivity index (χ1) is 13.2. The van der Waals surface area contributed by atoms with Gasteiger partial charge in [-0.25, -0.2) is 0 Å². The molecule has 0 aliphatic carbocycles. The maximum Gasteiger partial charge on any atom is 0.270 e. The number of benzene rings is 2. The fraction of sp³-hybridized carbons (Fsp3) is 0.318. The molecule has 1 amide bonds. The fourth-order valence-corrected chi connectivity index (χ4v) is 3.75. The molecular formula is C22H25N3O2. The Morgan fingerprint density at radius 1 is 1.00 bits per heavy atom. The first-order valence-electron chi connectivity index (χ1n) is 9.35. The summed E-state index contributed by atoms with van der Waals surface area (Å²) in [7, 11) is 3.65. The van der Waals surface area contributed by atoms with Gasteiger partial charge in [0.1, 0.15) is 11.4 Å². The molecule has 0 atom stereocenters. The number of carbonyl (C=O) groups excluding carboxylic acids is 1. The van der Waals surface area contributed by atoms with Gasteiger partial charge in [-0.15, -0.1) is 0 Å². The molecule has 0 spiro atoms. The van der Waals surface area contributed by atoms with Gasteiger partial charge < -0.3 is 14.2 Å². The lowest BCUT2D eigenvalue weighted by Crippen LogP contribution is -2.48. The summed E-state index contributed by atoms with van der Waals surface area (Å²) < 4.78 is 7.21. The van der Waals surface area contributed by atoms with Crippen molar-refractivity contribution in [2.45, 2.75) is 6.54 Å². The van der Waals surface area contributed by atoms with E-state index >= 15 is 0 Å². The number of nitrogens with zero attached hydrogens (tertiary/aromatic N) is 3. The minimum absolute atomic E-state index is 0.123. The molecule has 5 nitrogen and oxygen atoms in total. The SMILES string of the molecule is COc1ccc(CN2CCN(C(=O)c3cc4ccccc4n3C)CC2)cc1. The monoisotopic (exact) mass is 363 g/mol. The van der Waals surface area contributed by atoms with Crippen molar-refractivity contribution in [2.24, 2.45) is 7.05 Å². The van der Waals surface area contributed by atoms with Crippen molar-refractivity contribution in [2.75, 3.05) is 33.3 Å². The Morgan fingerprint density at radius 2 is 1.70 bits per heavy atom. The third-order valence-corrected chi connectivity index (χ3v) is 5.40. The van der Waals surface area contributed by atoms with Crippen LogP contribution in [0.25, 0.3) is 10.9 Å². The molecule has 0 unspecified atom stereocenters. The summed E-state index contributed by atoms with van der Waals surface area (Å²) in [4.78, 5) is 17.4. The van der Waals surface area contributed by atoms with Crippen LogP contribution in [0.1, 0.15) is 16.1 Å². The molecule has 1 fully saturated rings. The second-order valence-electron chi connectivity index (χ2n) is 7.06. The predicted molar refractivity (Wildman–Crippen MR) is 107 cm³/mol. The fourth-order valence-electron chi connectivity index (χ4n) is 3.75. The molecule has 1 aliphatic rings. The number of carbonyl (C=O) groups is 1. The highest BCUT2D eigenvalue weighted by Crippen LogP contribution is 2.20. The lowest BCUT2D eigenvalue weighted by Gasteiger charge is -2.34. The molecule has 1 aliphatic heterocycles. The molecular weight excluding hydrogens is 338 g/mol. The number of para-hydroxylation sites is 1. The highest BCUT2D eigenvalue weighted by molar-refractivity contribution is 5.98. The Kier molecular flexibility index (Phi) is 4.86. The number of aromatic nitrogens is 1. The van der Waals surface area contributed by atoms with Gasteiger partial charge in [0, 0.05) is 50.7 Å². The molecule has 2 aromatic carbocycles. The topological polar surface area (TPSA) is 37.7 Å². The van der Waals surface area contributed by atoms with Crippen LogP contribution in [0.3, 0.4) is 0 Å². The molecule has 4 rings (SSSR count). The van der Waals surface area contributed by atoms with Gasteiger partial charge in [-0.1, -0.05) is 30.3 Å². The Morgan fingerprint density at radius 3 is 2.37 bits per heavy atom. The molecule has 2 heterocycles. The summed E-state index contributed by atoms with van der Waals surface area (Å²) in [6.45, 7) is 4.20.